The number of fused-ring (bicyclic) bond motifs is 2. The largest absolute Gasteiger partial charge is 0.298 e. The molecule has 0 unspecified atom stereocenters. The molecule has 1 aliphatic carbocycles. The zero-order valence-electron chi connectivity index (χ0n) is 14.8. The number of amides is 1. The number of hydrogen-bond acceptors (Lipinski definition) is 4. The van der Waals surface area contributed by atoms with Crippen LogP contribution in [-0.2, 0) is 25.8 Å². The highest BCUT2D eigenvalue weighted by Gasteiger charge is 2.21. The van der Waals surface area contributed by atoms with Gasteiger partial charge in [-0.1, -0.05) is 13.0 Å². The molecule has 1 N–H and O–H groups in total. The fourth-order valence-electron chi connectivity index (χ4n) is 3.85. The molecule has 2 aliphatic rings. The summed E-state index contributed by atoms with van der Waals surface area (Å²) < 4.78 is 0. The summed E-state index contributed by atoms with van der Waals surface area (Å²) in [5.74, 6) is -0.0371. The van der Waals surface area contributed by atoms with Gasteiger partial charge in [-0.3, -0.25) is 15.0 Å². The molecule has 2 aromatic rings. The zero-order valence-corrected chi connectivity index (χ0v) is 15.6. The highest BCUT2D eigenvalue weighted by Crippen LogP contribution is 2.29. The Morgan fingerprint density at radius 1 is 1.24 bits per heavy atom. The Morgan fingerprint density at radius 3 is 2.92 bits per heavy atom. The van der Waals surface area contributed by atoms with E-state index in [4.69, 9.17) is 0 Å². The molecule has 1 amide bonds. The molecule has 0 fully saturated rings. The predicted octanol–water partition coefficient (Wildman–Crippen LogP) is 4.04. The van der Waals surface area contributed by atoms with Gasteiger partial charge in [0, 0.05) is 30.0 Å². The molecule has 0 saturated heterocycles. The minimum atomic E-state index is -0.0371. The van der Waals surface area contributed by atoms with Crippen LogP contribution in [0.1, 0.15) is 58.2 Å². The summed E-state index contributed by atoms with van der Waals surface area (Å²) in [6.07, 6.45) is 6.89. The van der Waals surface area contributed by atoms with Gasteiger partial charge in [0.25, 0.3) is 5.91 Å². The Morgan fingerprint density at radius 2 is 2.08 bits per heavy atom. The summed E-state index contributed by atoms with van der Waals surface area (Å²) >= 11 is 1.63. The minimum absolute atomic E-state index is 0.0371. The monoisotopic (exact) mass is 355 g/mol. The Bertz CT molecular complexity index is 783. The van der Waals surface area contributed by atoms with Gasteiger partial charge in [0.2, 0.25) is 0 Å². The Labute approximate surface area is 153 Å². The number of thiazole rings is 1. The number of benzene rings is 1. The highest BCUT2D eigenvalue weighted by atomic mass is 32.1. The van der Waals surface area contributed by atoms with E-state index in [0.717, 1.165) is 55.3 Å². The molecule has 0 atom stereocenters. The summed E-state index contributed by atoms with van der Waals surface area (Å²) in [7, 11) is 0. The summed E-state index contributed by atoms with van der Waals surface area (Å²) in [5, 5.41) is 3.76. The summed E-state index contributed by atoms with van der Waals surface area (Å²) in [4.78, 5) is 21.1. The lowest BCUT2D eigenvalue weighted by Gasteiger charge is -2.24. The number of anilines is 1. The van der Waals surface area contributed by atoms with Gasteiger partial charge >= 0.3 is 0 Å². The smallest absolute Gasteiger partial charge is 0.257 e. The van der Waals surface area contributed by atoms with Gasteiger partial charge in [0.1, 0.15) is 0 Å². The van der Waals surface area contributed by atoms with Crippen molar-refractivity contribution in [3.8, 4) is 0 Å². The number of rotatable bonds is 4. The highest BCUT2D eigenvalue weighted by molar-refractivity contribution is 7.15. The second kappa shape index (κ2) is 7.26. The van der Waals surface area contributed by atoms with Crippen LogP contribution in [0.4, 0.5) is 5.13 Å². The topological polar surface area (TPSA) is 45.2 Å². The van der Waals surface area contributed by atoms with Crippen LogP contribution >= 0.6 is 11.3 Å². The molecule has 25 heavy (non-hydrogen) atoms. The van der Waals surface area contributed by atoms with Crippen molar-refractivity contribution in [3.05, 3.63) is 45.5 Å². The molecule has 2 heterocycles. The van der Waals surface area contributed by atoms with Gasteiger partial charge in [-0.2, -0.15) is 0 Å². The lowest BCUT2D eigenvalue weighted by Crippen LogP contribution is -2.30. The van der Waals surface area contributed by atoms with Crippen LogP contribution < -0.4 is 5.32 Å². The maximum atomic E-state index is 12.6. The van der Waals surface area contributed by atoms with Crippen LogP contribution in [0, 0.1) is 0 Å². The first-order valence-corrected chi connectivity index (χ1v) is 10.2. The SMILES string of the molecule is CCCN1CCc2nc(NC(=O)c3ccc4c(c3)CCCC4)sc2C1. The number of carbonyl (C=O) groups excluding carboxylic acids is 1. The zero-order chi connectivity index (χ0) is 17.2. The number of aromatic nitrogens is 1. The van der Waals surface area contributed by atoms with Crippen LogP contribution in [0.3, 0.4) is 0 Å². The summed E-state index contributed by atoms with van der Waals surface area (Å²) in [6.45, 7) is 5.39. The fraction of sp³-hybridized carbons (Fsp3) is 0.500. The predicted molar refractivity (Wildman–Crippen MR) is 102 cm³/mol. The van der Waals surface area contributed by atoms with Gasteiger partial charge in [0.05, 0.1) is 5.69 Å². The van der Waals surface area contributed by atoms with E-state index in [0.29, 0.717) is 0 Å². The van der Waals surface area contributed by atoms with Crippen molar-refractivity contribution in [3.63, 3.8) is 0 Å². The van der Waals surface area contributed by atoms with E-state index in [1.807, 2.05) is 6.07 Å². The lowest BCUT2D eigenvalue weighted by atomic mass is 9.90. The first-order valence-electron chi connectivity index (χ1n) is 9.37. The van der Waals surface area contributed by atoms with Gasteiger partial charge in [-0.15, -0.1) is 11.3 Å². The van der Waals surface area contributed by atoms with Crippen LogP contribution in [0.5, 0.6) is 0 Å². The number of carbonyl (C=O) groups is 1. The Hall–Kier alpha value is -1.72. The van der Waals surface area contributed by atoms with Crippen molar-refractivity contribution in [1.82, 2.24) is 9.88 Å². The molecule has 0 radical (unpaired) electrons. The normalized spacial score (nSPS) is 17.0. The van der Waals surface area contributed by atoms with Gasteiger partial charge in [-0.25, -0.2) is 4.98 Å². The van der Waals surface area contributed by atoms with Crippen LogP contribution in [0.2, 0.25) is 0 Å². The molecule has 5 heteroatoms. The molecular weight excluding hydrogens is 330 g/mol. The van der Waals surface area contributed by atoms with E-state index in [9.17, 15) is 4.79 Å². The third-order valence-electron chi connectivity index (χ3n) is 5.18. The molecule has 1 aromatic carbocycles. The summed E-state index contributed by atoms with van der Waals surface area (Å²) in [5.41, 5.74) is 4.66. The Balaban J connectivity index is 1.47. The minimum Gasteiger partial charge on any atom is -0.298 e. The van der Waals surface area contributed by atoms with Crippen molar-refractivity contribution in [1.29, 1.82) is 0 Å². The number of aryl methyl sites for hydroxylation is 2. The van der Waals surface area contributed by atoms with Crippen LogP contribution in [0.25, 0.3) is 0 Å². The van der Waals surface area contributed by atoms with Crippen molar-refractivity contribution in [2.75, 3.05) is 18.4 Å². The third-order valence-corrected chi connectivity index (χ3v) is 6.18. The fourth-order valence-corrected chi connectivity index (χ4v) is 4.90. The standard InChI is InChI=1S/C20H25N3OS/c1-2-10-23-11-9-17-18(13-23)25-20(21-17)22-19(24)16-8-7-14-5-3-4-6-15(14)12-16/h7-8,12H,2-6,9-11,13H2,1H3,(H,21,22,24). The molecule has 1 aromatic heterocycles. The molecule has 0 saturated carbocycles. The Kier molecular flexibility index (Phi) is 4.86. The number of hydrogen-bond donors (Lipinski definition) is 1. The van der Waals surface area contributed by atoms with Crippen LogP contribution in [-0.4, -0.2) is 28.9 Å². The lowest BCUT2D eigenvalue weighted by molar-refractivity contribution is 0.102. The maximum absolute atomic E-state index is 12.6. The van der Waals surface area contributed by atoms with E-state index in [2.05, 4.69) is 34.3 Å². The van der Waals surface area contributed by atoms with Crippen molar-refractivity contribution < 1.29 is 4.79 Å². The molecule has 0 bridgehead atoms. The first-order chi connectivity index (χ1) is 12.2. The molecule has 4 nitrogen and oxygen atoms in total. The van der Waals surface area contributed by atoms with Crippen molar-refractivity contribution in [2.45, 2.75) is 52.0 Å². The molecule has 4 rings (SSSR count). The van der Waals surface area contributed by atoms with E-state index in [-0.39, 0.29) is 5.91 Å². The quantitative estimate of drug-likeness (QED) is 0.900. The van der Waals surface area contributed by atoms with Gasteiger partial charge in [-0.05, 0) is 61.9 Å². The first kappa shape index (κ1) is 16.7. The second-order valence-electron chi connectivity index (χ2n) is 7.06. The molecule has 1 aliphatic heterocycles. The molecule has 0 spiro atoms. The van der Waals surface area contributed by atoms with Gasteiger partial charge in [0.15, 0.2) is 5.13 Å². The second-order valence-corrected chi connectivity index (χ2v) is 8.14. The maximum Gasteiger partial charge on any atom is 0.257 e. The van der Waals surface area contributed by atoms with E-state index in [1.165, 1.54) is 35.3 Å². The average Bonchev–Trinajstić information content (AvgIpc) is 3.03. The molecule has 132 valence electrons. The van der Waals surface area contributed by atoms with E-state index in [1.54, 1.807) is 11.3 Å². The summed E-state index contributed by atoms with van der Waals surface area (Å²) in [6, 6.07) is 6.15. The van der Waals surface area contributed by atoms with Gasteiger partial charge < -0.3 is 0 Å². The number of nitrogens with one attached hydrogen (secondary N) is 1. The van der Waals surface area contributed by atoms with Crippen molar-refractivity contribution >= 4 is 22.4 Å². The van der Waals surface area contributed by atoms with Crippen LogP contribution in [0.15, 0.2) is 18.2 Å². The number of nitrogens with zero attached hydrogens (tertiary/aromatic N) is 2. The van der Waals surface area contributed by atoms with E-state index >= 15 is 0 Å². The molecular formula is C20H25N3OS. The van der Waals surface area contributed by atoms with E-state index < -0.39 is 0 Å². The third kappa shape index (κ3) is 3.62. The van der Waals surface area contributed by atoms with Crippen molar-refractivity contribution in [2.24, 2.45) is 0 Å². The average molecular weight is 356 g/mol.